The van der Waals surface area contributed by atoms with Gasteiger partial charge in [0.05, 0.1) is 12.7 Å². The summed E-state index contributed by atoms with van der Waals surface area (Å²) in [5, 5.41) is 9.78. The summed E-state index contributed by atoms with van der Waals surface area (Å²) in [4.78, 5) is 66.6. The number of alkyl halides is 4. The summed E-state index contributed by atoms with van der Waals surface area (Å²) in [5.74, 6) is -5.15. The minimum absolute atomic E-state index is 0.0419. The highest BCUT2D eigenvalue weighted by Crippen LogP contribution is 2.30. The van der Waals surface area contributed by atoms with Crippen LogP contribution in [-0.4, -0.2) is 102 Å². The highest BCUT2D eigenvalue weighted by Gasteiger charge is 2.40. The fraction of sp³-hybridized carbons (Fsp3) is 0.645. The highest BCUT2D eigenvalue weighted by molar-refractivity contribution is 5.91. The summed E-state index contributed by atoms with van der Waals surface area (Å²) in [6.07, 6.45) is -10.3. The van der Waals surface area contributed by atoms with E-state index in [0.717, 1.165) is 69.0 Å². The topological polar surface area (TPSA) is 140 Å². The second-order valence-corrected chi connectivity index (χ2v) is 12.1. The van der Waals surface area contributed by atoms with Gasteiger partial charge in [-0.2, -0.15) is 13.2 Å². The predicted molar refractivity (Wildman–Crippen MR) is 157 cm³/mol. The van der Waals surface area contributed by atoms with Crippen molar-refractivity contribution in [2.45, 2.75) is 103 Å². The Balaban J connectivity index is 3.57. The Morgan fingerprint density at radius 1 is 0.804 bits per heavy atom. The number of hydrogen-bond acceptors (Lipinski definition) is 9. The first-order valence-corrected chi connectivity index (χ1v) is 14.5. The van der Waals surface area contributed by atoms with Gasteiger partial charge >= 0.3 is 24.1 Å². The van der Waals surface area contributed by atoms with Crippen LogP contribution >= 0.6 is 0 Å². The van der Waals surface area contributed by atoms with Gasteiger partial charge in [-0.25, -0.2) is 18.8 Å². The quantitative estimate of drug-likeness (QED) is 0.170. The Hall–Kier alpha value is -3.75. The van der Waals surface area contributed by atoms with Crippen LogP contribution in [0.4, 0.5) is 17.6 Å². The second kappa shape index (κ2) is 16.7. The Morgan fingerprint density at radius 3 is 1.74 bits per heavy atom. The van der Waals surface area contributed by atoms with E-state index >= 15 is 0 Å². The summed E-state index contributed by atoms with van der Waals surface area (Å²) in [5.41, 5.74) is -2.84. The highest BCUT2D eigenvalue weighted by atomic mass is 19.4. The Labute approximate surface area is 266 Å². The molecule has 0 fully saturated rings. The molecule has 1 rings (SSSR count). The van der Waals surface area contributed by atoms with Crippen LogP contribution in [0.2, 0.25) is 0 Å². The number of hydrogen-bond donors (Lipinski definition) is 1. The molecule has 0 spiro atoms. The molecular weight excluding hydrogens is 620 g/mol. The molecule has 0 unspecified atom stereocenters. The normalized spacial score (nSPS) is 15.2. The van der Waals surface area contributed by atoms with Crippen LogP contribution in [0.3, 0.4) is 0 Å². The average Bonchev–Trinajstić information content (AvgIpc) is 2.95. The average molecular weight is 665 g/mol. The molecule has 0 bridgehead atoms. The molecule has 5 atom stereocenters. The maximum Gasteiger partial charge on any atom is 0.416 e. The van der Waals surface area contributed by atoms with E-state index in [9.17, 15) is 46.6 Å². The Morgan fingerprint density at radius 2 is 1.30 bits per heavy atom. The van der Waals surface area contributed by atoms with Crippen molar-refractivity contribution in [2.75, 3.05) is 21.2 Å². The molecule has 260 valence electrons. The first-order valence-electron chi connectivity index (χ1n) is 14.5. The maximum atomic E-state index is 14.8. The van der Waals surface area contributed by atoms with Gasteiger partial charge < -0.3 is 29.1 Å². The van der Waals surface area contributed by atoms with E-state index in [4.69, 9.17) is 9.47 Å². The number of halogens is 4. The van der Waals surface area contributed by atoms with E-state index < -0.39 is 90.4 Å². The fourth-order valence-electron chi connectivity index (χ4n) is 4.44. The summed E-state index contributed by atoms with van der Waals surface area (Å²) >= 11 is 0. The zero-order chi connectivity index (χ0) is 35.7. The lowest BCUT2D eigenvalue weighted by molar-refractivity contribution is -0.174. The molecule has 0 aliphatic rings. The van der Waals surface area contributed by atoms with Gasteiger partial charge in [-0.1, -0.05) is 26.0 Å². The molecule has 11 nitrogen and oxygen atoms in total. The van der Waals surface area contributed by atoms with E-state index in [0.29, 0.717) is 0 Å². The number of carbonyl (C=O) groups excluding carboxylic acids is 5. The lowest BCUT2D eigenvalue weighted by atomic mass is 9.98. The number of rotatable bonds is 15. The van der Waals surface area contributed by atoms with Gasteiger partial charge in [0.1, 0.15) is 23.9 Å². The van der Waals surface area contributed by atoms with Crippen molar-refractivity contribution >= 4 is 29.7 Å². The maximum absolute atomic E-state index is 14.8. The molecule has 2 amide bonds. The number of methoxy groups -OCH3 is 1. The molecule has 0 aliphatic heterocycles. The number of aliphatic hydroxyl groups is 1. The number of carbonyl (C=O) groups is 5. The molecule has 15 heteroatoms. The molecule has 1 aromatic carbocycles. The van der Waals surface area contributed by atoms with Crippen molar-refractivity contribution in [3.8, 4) is 0 Å². The molecule has 1 aromatic rings. The van der Waals surface area contributed by atoms with Crippen LogP contribution in [0.1, 0.15) is 65.5 Å². The first-order chi connectivity index (χ1) is 21.0. The standard InChI is InChI=1S/C31H44F4N2O9/c1-17(2)14-22(28(42)45-19(4)27(41)44-9)36(7)26(40)24(15-20-10-12-21(13-11-20)31(33,34)35)46-29(43)23(16-30(5,6)32)37(8)25(39)18(3)38/h10-13,17-19,22-24,38H,14-16H2,1-9H3/t18-,19-,22+,23+,24-/m1/s1. The smallest absolute Gasteiger partial charge is 0.416 e. The third kappa shape index (κ3) is 12.2. The number of aliphatic hydroxyl groups excluding tert-OH is 1. The van der Waals surface area contributed by atoms with Crippen LogP contribution in [0.5, 0.6) is 0 Å². The lowest BCUT2D eigenvalue weighted by Gasteiger charge is -2.34. The van der Waals surface area contributed by atoms with Crippen LogP contribution in [0, 0.1) is 5.92 Å². The minimum Gasteiger partial charge on any atom is -0.466 e. The second-order valence-electron chi connectivity index (χ2n) is 12.1. The fourth-order valence-corrected chi connectivity index (χ4v) is 4.44. The van der Waals surface area contributed by atoms with Crippen LogP contribution in [0.15, 0.2) is 24.3 Å². The summed E-state index contributed by atoms with van der Waals surface area (Å²) in [6, 6.07) is 0.805. The van der Waals surface area contributed by atoms with Gasteiger partial charge in [0.2, 0.25) is 0 Å². The number of likely N-dealkylation sites (N-methyl/N-ethyl adjacent to an activating group) is 2. The zero-order valence-electron chi connectivity index (χ0n) is 27.5. The van der Waals surface area contributed by atoms with E-state index in [1.54, 1.807) is 13.8 Å². The van der Waals surface area contributed by atoms with Crippen molar-refractivity contribution in [2.24, 2.45) is 5.92 Å². The van der Waals surface area contributed by atoms with E-state index in [1.165, 1.54) is 14.0 Å². The summed E-state index contributed by atoms with van der Waals surface area (Å²) in [7, 11) is 3.46. The zero-order valence-corrected chi connectivity index (χ0v) is 27.5. The van der Waals surface area contributed by atoms with E-state index in [1.807, 2.05) is 0 Å². The van der Waals surface area contributed by atoms with Crippen molar-refractivity contribution in [3.63, 3.8) is 0 Å². The molecular formula is C31H44F4N2O9. The lowest BCUT2D eigenvalue weighted by Crippen LogP contribution is -2.53. The molecule has 0 saturated heterocycles. The van der Waals surface area contributed by atoms with Crippen molar-refractivity contribution in [3.05, 3.63) is 35.4 Å². The number of nitrogens with zero attached hydrogens (tertiary/aromatic N) is 2. The van der Waals surface area contributed by atoms with Crippen LogP contribution in [0.25, 0.3) is 0 Å². The third-order valence-electron chi connectivity index (χ3n) is 6.97. The van der Waals surface area contributed by atoms with Crippen LogP contribution < -0.4 is 0 Å². The van der Waals surface area contributed by atoms with Crippen molar-refractivity contribution in [1.82, 2.24) is 9.80 Å². The summed E-state index contributed by atoms with van der Waals surface area (Å²) in [6.45, 7) is 8.20. The van der Waals surface area contributed by atoms with Gasteiger partial charge in [0.15, 0.2) is 12.2 Å². The predicted octanol–water partition coefficient (Wildman–Crippen LogP) is 3.48. The molecule has 0 aromatic heterocycles. The van der Waals surface area contributed by atoms with Gasteiger partial charge in [-0.3, -0.25) is 9.59 Å². The monoisotopic (exact) mass is 664 g/mol. The van der Waals surface area contributed by atoms with Gasteiger partial charge in [-0.15, -0.1) is 0 Å². The number of amides is 2. The molecule has 0 saturated carbocycles. The summed E-state index contributed by atoms with van der Waals surface area (Å²) < 4.78 is 69.6. The Bertz CT molecular complexity index is 1210. The largest absolute Gasteiger partial charge is 0.466 e. The SMILES string of the molecule is COC(=O)[C@@H](C)OC(=O)[C@H](CC(C)C)N(C)C(=O)[C@@H](Cc1ccc(C(F)(F)F)cc1)OC(=O)[C@H](CC(C)(C)F)N(C)C(=O)[C@@H](C)O. The third-order valence-corrected chi connectivity index (χ3v) is 6.97. The van der Waals surface area contributed by atoms with Crippen LogP contribution in [-0.2, 0) is 50.8 Å². The first kappa shape index (κ1) is 40.3. The molecule has 0 radical (unpaired) electrons. The number of benzene rings is 1. The van der Waals surface area contributed by atoms with E-state index in [2.05, 4.69) is 4.74 Å². The number of ether oxygens (including phenoxy) is 3. The van der Waals surface area contributed by atoms with Crippen molar-refractivity contribution < 1.29 is 60.9 Å². The van der Waals surface area contributed by atoms with Crippen molar-refractivity contribution in [1.29, 1.82) is 0 Å². The molecule has 46 heavy (non-hydrogen) atoms. The molecule has 0 aliphatic carbocycles. The molecule has 0 heterocycles. The van der Waals surface area contributed by atoms with Gasteiger partial charge in [0, 0.05) is 26.9 Å². The molecule has 1 N–H and O–H groups in total. The van der Waals surface area contributed by atoms with Gasteiger partial charge in [-0.05, 0) is 57.7 Å². The van der Waals surface area contributed by atoms with E-state index in [-0.39, 0.29) is 17.9 Å². The minimum atomic E-state index is -4.64. The number of esters is 3. The van der Waals surface area contributed by atoms with Gasteiger partial charge in [0.25, 0.3) is 11.8 Å². The Kier molecular flexibility index (Phi) is 14.6.